The van der Waals surface area contributed by atoms with Crippen molar-refractivity contribution in [2.45, 2.75) is 160 Å². The maximum Gasteiger partial charge on any atom is 2.00 e. The third kappa shape index (κ3) is 11.9. The van der Waals surface area contributed by atoms with Crippen LogP contribution in [0.1, 0.15) is 200 Å². The molecule has 8 atom stereocenters. The standard InChI is InChI=1S/C55H78N4O6.Mg/c1-13-39-34(7)41-29-46-48(38(11)60)36(9)43(57-46)27-42-35(8)40(52(58-42)50-51(55(63)64-12)54(62)49-37(10)44(59-53(49)50)28-45(39)56-41)23-24-47(61)65-26-25-33(6)22-16-21-32(5)20-15-19-31(4)18-14-17-30(2)3;/h27-35,39-40,51H,13-26H2,1-12H3,(H2-2,56,57,58,59,60,62);/q-2;+2/p-2/b42-27-,45-28-;/t31-,32-,33?,34-,35+,39-,40+,51-;/m1./s1. The van der Waals surface area contributed by atoms with Gasteiger partial charge in [0.25, 0.3) is 0 Å². The summed E-state index contributed by atoms with van der Waals surface area (Å²) in [4.78, 5) is 64.7. The predicted molar refractivity (Wildman–Crippen MR) is 266 cm³/mol. The molecule has 4 aliphatic rings. The number of esters is 2. The largest absolute Gasteiger partial charge is 2.00 e. The van der Waals surface area contributed by atoms with E-state index in [9.17, 15) is 19.2 Å². The molecule has 2 aromatic rings. The SMILES string of the molecule is CC[C@H]1/C2=C/c3[n-]c4c(c3C)C(=O)[C@H](C(=O)OC)/C4=C3/[N-]/C(=C\c4[n-]c(c(C(C)=O)c4C)/C=C(\[N-]2)[C@@H]1C)[C@@H](C)[C@@H]3CCC(=O)OCCC(C)CCC[C@H](C)CCC[C@H](C)CCCC(C)C.[Mg+2]. The van der Waals surface area contributed by atoms with Gasteiger partial charge in [0, 0.05) is 17.5 Å². The van der Waals surface area contributed by atoms with Crippen molar-refractivity contribution < 1.29 is 28.7 Å². The number of ketones is 2. The molecule has 2 aromatic heterocycles. The van der Waals surface area contributed by atoms with Crippen LogP contribution in [-0.2, 0) is 19.1 Å². The minimum atomic E-state index is -1.24. The van der Waals surface area contributed by atoms with Crippen LogP contribution in [0.15, 0.2) is 22.8 Å². The smallest absolute Gasteiger partial charge is 0.664 e. The van der Waals surface area contributed by atoms with Gasteiger partial charge in [0.15, 0.2) is 11.6 Å². The van der Waals surface area contributed by atoms with Crippen molar-refractivity contribution in [3.8, 4) is 0 Å². The third-order valence-electron chi connectivity index (χ3n) is 15.1. The van der Waals surface area contributed by atoms with Crippen LogP contribution in [-0.4, -0.2) is 60.3 Å². The van der Waals surface area contributed by atoms with E-state index >= 15 is 0 Å². The molecular weight excluding hydrogens is 837 g/mol. The fourth-order valence-corrected chi connectivity index (χ4v) is 10.8. The van der Waals surface area contributed by atoms with Gasteiger partial charge in [-0.05, 0) is 81.0 Å². The predicted octanol–water partition coefficient (Wildman–Crippen LogP) is 13.0. The van der Waals surface area contributed by atoms with Crippen LogP contribution >= 0.6 is 0 Å². The summed E-state index contributed by atoms with van der Waals surface area (Å²) in [5.41, 5.74) is 7.97. The Morgan fingerprint density at radius 3 is 1.85 bits per heavy atom. The molecule has 2 fully saturated rings. The molecule has 2 saturated heterocycles. The van der Waals surface area contributed by atoms with E-state index in [2.05, 4.69) is 48.5 Å². The van der Waals surface area contributed by atoms with Crippen molar-refractivity contribution in [1.29, 1.82) is 0 Å². The third-order valence-corrected chi connectivity index (χ3v) is 15.1. The first-order chi connectivity index (χ1) is 30.9. The number of rotatable bonds is 21. The Bertz CT molecular complexity index is 2220. The number of fused-ring (bicyclic) bond motifs is 7. The molecule has 0 aromatic carbocycles. The summed E-state index contributed by atoms with van der Waals surface area (Å²) in [5, 5.41) is 10.3. The van der Waals surface area contributed by atoms with E-state index < -0.39 is 11.9 Å². The number of aromatic nitrogens is 2. The number of carbonyl (C=O) groups excluding carboxylic acids is 4. The van der Waals surface area contributed by atoms with E-state index in [-0.39, 0.29) is 70.7 Å². The van der Waals surface area contributed by atoms with Crippen molar-refractivity contribution in [2.24, 2.45) is 53.3 Å². The van der Waals surface area contributed by atoms with Crippen LogP contribution in [0.2, 0.25) is 0 Å². The maximum atomic E-state index is 14.4. The van der Waals surface area contributed by atoms with Crippen LogP contribution in [0.4, 0.5) is 0 Å². The number of hydrogen-bond acceptors (Lipinski definition) is 6. The quantitative estimate of drug-likeness (QED) is 0.0521. The van der Waals surface area contributed by atoms with E-state index in [0.717, 1.165) is 54.0 Å². The fraction of sp³-hybridized carbons (Fsp3) is 0.636. The molecule has 6 rings (SSSR count). The van der Waals surface area contributed by atoms with Crippen molar-refractivity contribution in [2.75, 3.05) is 13.7 Å². The fourth-order valence-electron chi connectivity index (χ4n) is 10.8. The Kier molecular flexibility index (Phi) is 18.9. The monoisotopic (exact) mass is 913 g/mol. The molecule has 10 nitrogen and oxygen atoms in total. The number of carbonyl (C=O) groups is 4. The number of ether oxygens (including phenoxy) is 2. The van der Waals surface area contributed by atoms with E-state index in [0.29, 0.717) is 75.4 Å². The molecule has 1 unspecified atom stereocenters. The molecular formula is C55H76MgN4O6-2. The van der Waals surface area contributed by atoms with Gasteiger partial charge in [0.05, 0.1) is 13.7 Å². The summed E-state index contributed by atoms with van der Waals surface area (Å²) < 4.78 is 11.1. The average molecular weight is 914 g/mol. The molecule has 8 bridgehead atoms. The summed E-state index contributed by atoms with van der Waals surface area (Å²) in [7, 11) is 1.29. The molecule has 66 heavy (non-hydrogen) atoms. The molecule has 11 heteroatoms. The van der Waals surface area contributed by atoms with Crippen molar-refractivity contribution in [3.63, 3.8) is 0 Å². The number of allylic oxidation sites excluding steroid dienone is 4. The Balaban J connectivity index is 0.00000817. The van der Waals surface area contributed by atoms with Gasteiger partial charge < -0.3 is 30.1 Å². The molecule has 0 amide bonds. The molecule has 1 aliphatic carbocycles. The van der Waals surface area contributed by atoms with Crippen LogP contribution < -0.4 is 9.97 Å². The second-order valence-electron chi connectivity index (χ2n) is 20.6. The van der Waals surface area contributed by atoms with E-state index in [1.807, 2.05) is 39.0 Å². The van der Waals surface area contributed by atoms with Crippen molar-refractivity contribution in [3.05, 3.63) is 78.5 Å². The summed E-state index contributed by atoms with van der Waals surface area (Å²) in [6.45, 7) is 23.7. The molecule has 0 spiro atoms. The summed E-state index contributed by atoms with van der Waals surface area (Å²) >= 11 is 0. The van der Waals surface area contributed by atoms with Gasteiger partial charge in [-0.1, -0.05) is 155 Å². The molecule has 0 saturated carbocycles. The Morgan fingerprint density at radius 2 is 1.26 bits per heavy atom. The second-order valence-corrected chi connectivity index (χ2v) is 20.6. The van der Waals surface area contributed by atoms with Gasteiger partial charge in [0.1, 0.15) is 5.92 Å². The summed E-state index contributed by atoms with van der Waals surface area (Å²) in [6.07, 6.45) is 19.5. The minimum absolute atomic E-state index is 0. The zero-order chi connectivity index (χ0) is 47.3. The Morgan fingerprint density at radius 1 is 0.712 bits per heavy atom. The van der Waals surface area contributed by atoms with Crippen LogP contribution in [0.25, 0.3) is 34.4 Å². The molecule has 356 valence electrons. The van der Waals surface area contributed by atoms with Crippen LogP contribution in [0.5, 0.6) is 0 Å². The Hall–Kier alpha value is -3.83. The normalized spacial score (nSPS) is 25.7. The Labute approximate surface area is 412 Å². The molecule has 0 radical (unpaired) electrons. The zero-order valence-corrected chi connectivity index (χ0v) is 43.7. The first-order valence-electron chi connectivity index (χ1n) is 24.9. The number of hydrogen-bond donors (Lipinski definition) is 0. The average Bonchev–Trinajstić information content (AvgIpc) is 4.00. The molecule has 3 aliphatic heterocycles. The topological polar surface area (TPSA) is 143 Å². The molecule has 0 N–H and O–H groups in total. The first-order valence-corrected chi connectivity index (χ1v) is 24.9. The summed E-state index contributed by atoms with van der Waals surface area (Å²) in [6, 6.07) is 0. The second kappa shape index (κ2) is 23.5. The van der Waals surface area contributed by atoms with Crippen molar-refractivity contribution >= 4 is 70.4 Å². The number of methoxy groups -OCH3 is 1. The van der Waals surface area contributed by atoms with Gasteiger partial charge in [-0.2, -0.15) is 22.8 Å². The van der Waals surface area contributed by atoms with Gasteiger partial charge in [-0.25, -0.2) is 0 Å². The first kappa shape index (κ1) is 53.1. The van der Waals surface area contributed by atoms with E-state index in [1.165, 1.54) is 58.5 Å². The zero-order valence-electron chi connectivity index (χ0n) is 42.3. The number of Topliss-reactive ketones (excluding diaryl/α,β-unsaturated/α-hetero) is 2. The summed E-state index contributed by atoms with van der Waals surface area (Å²) in [5.74, 6) is -0.269. The molecule has 5 heterocycles. The van der Waals surface area contributed by atoms with E-state index in [4.69, 9.17) is 30.1 Å². The number of nitrogens with zero attached hydrogens (tertiary/aromatic N) is 4. The maximum absolute atomic E-state index is 14.4. The van der Waals surface area contributed by atoms with E-state index in [1.54, 1.807) is 6.92 Å². The van der Waals surface area contributed by atoms with Gasteiger partial charge in [-0.3, -0.25) is 19.2 Å². The van der Waals surface area contributed by atoms with Crippen LogP contribution in [0, 0.1) is 67.1 Å². The van der Waals surface area contributed by atoms with Gasteiger partial charge >= 0.3 is 35.0 Å². The van der Waals surface area contributed by atoms with Crippen LogP contribution in [0.3, 0.4) is 0 Å². The van der Waals surface area contributed by atoms with Gasteiger partial charge in [0.2, 0.25) is 0 Å². The van der Waals surface area contributed by atoms with Gasteiger partial charge in [-0.15, -0.1) is 22.8 Å². The minimum Gasteiger partial charge on any atom is -0.664 e. The van der Waals surface area contributed by atoms with Crippen molar-refractivity contribution in [1.82, 2.24) is 9.97 Å².